The molecule has 27 heavy (non-hydrogen) atoms. The van der Waals surface area contributed by atoms with Crippen molar-refractivity contribution < 1.29 is 14.3 Å². The van der Waals surface area contributed by atoms with Gasteiger partial charge in [-0.25, -0.2) is 9.78 Å². The van der Waals surface area contributed by atoms with Gasteiger partial charge in [0.25, 0.3) is 0 Å². The number of esters is 1. The highest BCUT2D eigenvalue weighted by Crippen LogP contribution is 2.33. The SMILES string of the molecule is COC(=O)c1c(NC(=O)CSc2n[nH]c(-c3ccncc3)n2)sc(C)c1C. The summed E-state index contributed by atoms with van der Waals surface area (Å²) in [5.41, 5.74) is 2.07. The lowest BCUT2D eigenvalue weighted by molar-refractivity contribution is -0.113. The minimum absolute atomic E-state index is 0.115. The number of aromatic nitrogens is 4. The lowest BCUT2D eigenvalue weighted by Crippen LogP contribution is -2.16. The first-order chi connectivity index (χ1) is 13.0. The van der Waals surface area contributed by atoms with Crippen molar-refractivity contribution in [2.45, 2.75) is 19.0 Å². The predicted octanol–water partition coefficient (Wildman–Crippen LogP) is 3.06. The van der Waals surface area contributed by atoms with Crippen LogP contribution in [0.25, 0.3) is 11.4 Å². The molecule has 0 fully saturated rings. The van der Waals surface area contributed by atoms with Gasteiger partial charge >= 0.3 is 5.97 Å². The van der Waals surface area contributed by atoms with Crippen LogP contribution in [0.4, 0.5) is 5.00 Å². The number of anilines is 1. The second-order valence-electron chi connectivity index (χ2n) is 5.52. The normalized spacial score (nSPS) is 10.6. The third-order valence-corrected chi connectivity index (χ3v) is 5.75. The van der Waals surface area contributed by atoms with Crippen LogP contribution in [0.1, 0.15) is 20.8 Å². The number of thioether (sulfide) groups is 1. The summed E-state index contributed by atoms with van der Waals surface area (Å²) in [5.74, 6) is 0.0137. The number of hydrogen-bond donors (Lipinski definition) is 2. The maximum absolute atomic E-state index is 12.3. The molecule has 0 radical (unpaired) electrons. The molecule has 0 saturated heterocycles. The number of rotatable bonds is 6. The summed E-state index contributed by atoms with van der Waals surface area (Å²) in [7, 11) is 1.32. The Morgan fingerprint density at radius 2 is 2.04 bits per heavy atom. The van der Waals surface area contributed by atoms with Crippen LogP contribution in [0.5, 0.6) is 0 Å². The summed E-state index contributed by atoms with van der Waals surface area (Å²) in [4.78, 5) is 33.5. The Morgan fingerprint density at radius 3 is 2.74 bits per heavy atom. The molecule has 140 valence electrons. The van der Waals surface area contributed by atoms with Gasteiger partial charge in [-0.3, -0.25) is 14.9 Å². The molecule has 10 heteroatoms. The van der Waals surface area contributed by atoms with E-state index in [-0.39, 0.29) is 11.7 Å². The Kier molecular flexibility index (Phi) is 5.87. The predicted molar refractivity (Wildman–Crippen MR) is 104 cm³/mol. The summed E-state index contributed by atoms with van der Waals surface area (Å²) < 4.78 is 4.81. The molecule has 3 rings (SSSR count). The molecule has 0 atom stereocenters. The van der Waals surface area contributed by atoms with Crippen molar-refractivity contribution in [2.24, 2.45) is 0 Å². The van der Waals surface area contributed by atoms with Crippen molar-refractivity contribution in [2.75, 3.05) is 18.2 Å². The van der Waals surface area contributed by atoms with Gasteiger partial charge in [-0.15, -0.1) is 16.4 Å². The van der Waals surface area contributed by atoms with Gasteiger partial charge in [0.15, 0.2) is 5.82 Å². The number of nitrogens with one attached hydrogen (secondary N) is 2. The van der Waals surface area contributed by atoms with Gasteiger partial charge in [-0.05, 0) is 31.5 Å². The van der Waals surface area contributed by atoms with Crippen LogP contribution >= 0.6 is 23.1 Å². The van der Waals surface area contributed by atoms with E-state index in [0.717, 1.165) is 16.0 Å². The number of carbonyl (C=O) groups is 2. The van der Waals surface area contributed by atoms with Crippen LogP contribution < -0.4 is 5.32 Å². The second-order valence-corrected chi connectivity index (χ2v) is 7.69. The standard InChI is InChI=1S/C17H17N5O3S2/c1-9-10(2)27-15(13(9)16(24)25-3)19-12(23)8-26-17-20-14(21-22-17)11-4-6-18-7-5-11/h4-7H,8H2,1-3H3,(H,19,23)(H,20,21,22). The fourth-order valence-electron chi connectivity index (χ4n) is 2.31. The molecule has 8 nitrogen and oxygen atoms in total. The van der Waals surface area contributed by atoms with E-state index in [2.05, 4.69) is 25.5 Å². The van der Waals surface area contributed by atoms with Crippen LogP contribution in [-0.2, 0) is 9.53 Å². The summed E-state index contributed by atoms with van der Waals surface area (Å²) in [6, 6.07) is 3.63. The molecule has 0 aliphatic carbocycles. The van der Waals surface area contributed by atoms with Gasteiger partial charge in [0.05, 0.1) is 18.4 Å². The Labute approximate surface area is 163 Å². The fourth-order valence-corrected chi connectivity index (χ4v) is 3.97. The first kappa shape index (κ1) is 19.1. The van der Waals surface area contributed by atoms with Crippen LogP contribution in [0.2, 0.25) is 0 Å². The zero-order valence-corrected chi connectivity index (χ0v) is 16.5. The number of hydrogen-bond acceptors (Lipinski definition) is 8. The van der Waals surface area contributed by atoms with Gasteiger partial charge < -0.3 is 10.1 Å². The molecule has 0 aliphatic heterocycles. The smallest absolute Gasteiger partial charge is 0.341 e. The summed E-state index contributed by atoms with van der Waals surface area (Å²) >= 11 is 2.55. The lowest BCUT2D eigenvalue weighted by atomic mass is 10.1. The van der Waals surface area contributed by atoms with Gasteiger partial charge in [-0.2, -0.15) is 0 Å². The number of methoxy groups -OCH3 is 1. The number of aryl methyl sites for hydroxylation is 1. The molecule has 0 aromatic carbocycles. The number of aromatic amines is 1. The van der Waals surface area contributed by atoms with Crippen LogP contribution in [0.15, 0.2) is 29.7 Å². The Morgan fingerprint density at radius 1 is 1.30 bits per heavy atom. The minimum Gasteiger partial charge on any atom is -0.465 e. The summed E-state index contributed by atoms with van der Waals surface area (Å²) in [6.45, 7) is 3.72. The zero-order chi connectivity index (χ0) is 19.4. The Bertz CT molecular complexity index is 968. The molecule has 0 bridgehead atoms. The van der Waals surface area contributed by atoms with Crippen molar-refractivity contribution in [1.82, 2.24) is 20.2 Å². The first-order valence-corrected chi connectivity index (χ1v) is 9.73. The van der Waals surface area contributed by atoms with Crippen molar-refractivity contribution >= 4 is 40.0 Å². The highest BCUT2D eigenvalue weighted by Gasteiger charge is 2.21. The highest BCUT2D eigenvalue weighted by atomic mass is 32.2. The van der Waals surface area contributed by atoms with E-state index in [9.17, 15) is 9.59 Å². The molecule has 0 aliphatic rings. The number of amides is 1. The van der Waals surface area contributed by atoms with Crippen molar-refractivity contribution in [3.05, 3.63) is 40.5 Å². The maximum atomic E-state index is 12.3. The number of nitrogens with zero attached hydrogens (tertiary/aromatic N) is 3. The molecular weight excluding hydrogens is 386 g/mol. The monoisotopic (exact) mass is 403 g/mol. The quantitative estimate of drug-likeness (QED) is 0.481. The number of H-pyrrole nitrogens is 1. The molecule has 1 amide bonds. The Balaban J connectivity index is 1.64. The van der Waals surface area contributed by atoms with Crippen LogP contribution in [0, 0.1) is 13.8 Å². The lowest BCUT2D eigenvalue weighted by Gasteiger charge is -2.05. The maximum Gasteiger partial charge on any atom is 0.341 e. The first-order valence-electron chi connectivity index (χ1n) is 7.93. The van der Waals surface area contributed by atoms with E-state index in [1.54, 1.807) is 12.4 Å². The van der Waals surface area contributed by atoms with Crippen molar-refractivity contribution in [3.8, 4) is 11.4 Å². The van der Waals surface area contributed by atoms with Gasteiger partial charge in [0.1, 0.15) is 5.00 Å². The van der Waals surface area contributed by atoms with E-state index in [1.807, 2.05) is 26.0 Å². The van der Waals surface area contributed by atoms with Crippen LogP contribution in [0.3, 0.4) is 0 Å². The van der Waals surface area contributed by atoms with Crippen LogP contribution in [-0.4, -0.2) is 44.9 Å². The van der Waals surface area contributed by atoms with Crippen molar-refractivity contribution in [3.63, 3.8) is 0 Å². The molecule has 0 saturated carbocycles. The minimum atomic E-state index is -0.462. The highest BCUT2D eigenvalue weighted by molar-refractivity contribution is 7.99. The summed E-state index contributed by atoms with van der Waals surface area (Å²) in [6.07, 6.45) is 3.34. The molecule has 3 aromatic rings. The van der Waals surface area contributed by atoms with E-state index in [0.29, 0.717) is 21.5 Å². The molecule has 3 aromatic heterocycles. The number of carbonyl (C=O) groups excluding carboxylic acids is 2. The molecule has 0 spiro atoms. The van der Waals surface area contributed by atoms with Gasteiger partial charge in [0, 0.05) is 22.8 Å². The van der Waals surface area contributed by atoms with E-state index >= 15 is 0 Å². The molecule has 0 unspecified atom stereocenters. The average Bonchev–Trinajstić information content (AvgIpc) is 3.25. The van der Waals surface area contributed by atoms with E-state index < -0.39 is 5.97 Å². The van der Waals surface area contributed by atoms with Gasteiger partial charge in [-0.1, -0.05) is 11.8 Å². The zero-order valence-electron chi connectivity index (χ0n) is 14.9. The third-order valence-electron chi connectivity index (χ3n) is 3.78. The van der Waals surface area contributed by atoms with Gasteiger partial charge in [0.2, 0.25) is 11.1 Å². The molecule has 3 heterocycles. The summed E-state index contributed by atoms with van der Waals surface area (Å²) in [5, 5.41) is 10.7. The van der Waals surface area contributed by atoms with E-state index in [1.165, 1.54) is 30.2 Å². The van der Waals surface area contributed by atoms with E-state index in [4.69, 9.17) is 4.74 Å². The van der Waals surface area contributed by atoms with Crippen molar-refractivity contribution in [1.29, 1.82) is 0 Å². The topological polar surface area (TPSA) is 110 Å². The third kappa shape index (κ3) is 4.34. The molecule has 2 N–H and O–H groups in total. The number of ether oxygens (including phenoxy) is 1. The Hall–Kier alpha value is -2.72. The fraction of sp³-hybridized carbons (Fsp3) is 0.235. The largest absolute Gasteiger partial charge is 0.465 e. The second kappa shape index (κ2) is 8.31. The number of pyridine rings is 1. The average molecular weight is 403 g/mol. The number of thiophene rings is 1. The molecular formula is C17H17N5O3S2.